The molecule has 0 amide bonds. The third-order valence-electron chi connectivity index (χ3n) is 7.65. The van der Waals surface area contributed by atoms with Gasteiger partial charge in [-0.25, -0.2) is 0 Å². The Labute approximate surface area is 353 Å². The van der Waals surface area contributed by atoms with Crippen LogP contribution in [0.3, 0.4) is 0 Å². The van der Waals surface area contributed by atoms with Crippen LogP contribution in [0.25, 0.3) is 0 Å². The Bertz CT molecular complexity index is 690. The van der Waals surface area contributed by atoms with E-state index >= 15 is 0 Å². The molecule has 0 aromatic carbocycles. The molecule has 0 aliphatic heterocycles. The maximum atomic E-state index is 10.9. The first-order valence-electron chi connectivity index (χ1n) is 15.3. The van der Waals surface area contributed by atoms with E-state index in [-0.39, 0.29) is 103 Å². The SMILES string of the molecule is CC(C)(CCCCOCCCCC(C)(C)C(=O)O)C(=O)O.CC(C)(CCCCOCCCCC(C)(C)C(=O)O)C(=O)[O-].O.O.O.[Ca+2].[Ca+2].[OH-].[OH-]. The van der Waals surface area contributed by atoms with Crippen molar-refractivity contribution < 1.29 is 76.5 Å². The molecule has 0 rings (SSSR count). The first kappa shape index (κ1) is 70.7. The zero-order chi connectivity index (χ0) is 33.0. The van der Waals surface area contributed by atoms with Gasteiger partial charge in [-0.3, -0.25) is 14.4 Å². The zero-order valence-corrected chi connectivity index (χ0v) is 35.7. The summed E-state index contributed by atoms with van der Waals surface area (Å²) in [5.74, 6) is -3.29. The monoisotopic (exact) mass is 771 g/mol. The number of carboxylic acids is 4. The second-order valence-corrected chi connectivity index (χ2v) is 13.8. The molecule has 0 heterocycles. The van der Waals surface area contributed by atoms with Crippen LogP contribution in [0.15, 0.2) is 0 Å². The maximum absolute atomic E-state index is 10.9. The van der Waals surface area contributed by atoms with Crippen molar-refractivity contribution in [3.05, 3.63) is 0 Å². The standard InChI is InChI=1S/2C16H30O5.2Ca.5H2O/c2*1-15(2,13(17)18)9-5-7-11-21-12-8-6-10-16(3,4)14(19)20;;;;;;;/h2*5-12H2,1-4H3,(H,17,18)(H,19,20);;;5*1H2/q;;2*+2;;;;;/p-3. The number of hydrogen-bond donors (Lipinski definition) is 3. The first-order chi connectivity index (χ1) is 19.2. The Hall–Kier alpha value is 0.119. The summed E-state index contributed by atoms with van der Waals surface area (Å²) in [6.07, 6.45) is 9.24. The minimum Gasteiger partial charge on any atom is -0.870 e. The summed E-state index contributed by atoms with van der Waals surface area (Å²) in [6.45, 7) is 16.3. The summed E-state index contributed by atoms with van der Waals surface area (Å²) >= 11 is 0. The van der Waals surface area contributed by atoms with Crippen molar-refractivity contribution >= 4 is 99.4 Å². The molecule has 0 aliphatic rings. The van der Waals surface area contributed by atoms with Crippen molar-refractivity contribution in [2.45, 2.75) is 132 Å². The van der Waals surface area contributed by atoms with Crippen LogP contribution in [0.1, 0.15) is 132 Å². The molecule has 17 heteroatoms. The molecule has 0 radical (unpaired) electrons. The summed E-state index contributed by atoms with van der Waals surface area (Å²) < 4.78 is 11.0. The van der Waals surface area contributed by atoms with E-state index in [1.807, 2.05) is 0 Å². The largest absolute Gasteiger partial charge is 2.00 e. The van der Waals surface area contributed by atoms with E-state index < -0.39 is 45.5 Å². The molecule has 0 fully saturated rings. The molecule has 0 unspecified atom stereocenters. The fraction of sp³-hybridized carbons (Fsp3) is 0.875. The Kier molecular flexibility index (Phi) is 52.6. The Morgan fingerprint density at radius 1 is 0.449 bits per heavy atom. The summed E-state index contributed by atoms with van der Waals surface area (Å²) in [7, 11) is 0. The van der Waals surface area contributed by atoms with Gasteiger partial charge in [0, 0.05) is 37.8 Å². The number of carbonyl (C=O) groups excluding carboxylic acids is 1. The molecule has 0 saturated heterocycles. The summed E-state index contributed by atoms with van der Waals surface area (Å²) in [4.78, 5) is 43.5. The quantitative estimate of drug-likeness (QED) is 0.0939. The van der Waals surface area contributed by atoms with Gasteiger partial charge in [-0.05, 0) is 92.9 Å². The second-order valence-electron chi connectivity index (χ2n) is 13.8. The fourth-order valence-electron chi connectivity index (χ4n) is 3.71. The van der Waals surface area contributed by atoms with Gasteiger partial charge in [-0.1, -0.05) is 39.5 Å². The third kappa shape index (κ3) is 37.7. The Balaban J connectivity index is -0.0000000816. The molecule has 0 aromatic heterocycles. The average Bonchev–Trinajstić information content (AvgIpc) is 2.86. The number of hydrogen-bond acceptors (Lipinski definition) is 9. The van der Waals surface area contributed by atoms with Crippen LogP contribution < -0.4 is 5.11 Å². The van der Waals surface area contributed by atoms with Gasteiger partial charge in [-0.2, -0.15) is 0 Å². The van der Waals surface area contributed by atoms with Crippen molar-refractivity contribution in [1.29, 1.82) is 0 Å². The van der Waals surface area contributed by atoms with Crippen molar-refractivity contribution in [3.63, 3.8) is 0 Å². The molecular formula is C32H67Ca2O15+. The smallest absolute Gasteiger partial charge is 0.870 e. The predicted octanol–water partition coefficient (Wildman–Crippen LogP) is 2.21. The van der Waals surface area contributed by atoms with E-state index in [2.05, 4.69) is 0 Å². The van der Waals surface area contributed by atoms with Crippen LogP contribution in [0.4, 0.5) is 0 Å². The minimum atomic E-state index is -1.01. The van der Waals surface area contributed by atoms with Gasteiger partial charge in [-0.15, -0.1) is 0 Å². The molecule has 288 valence electrons. The topological polar surface area (TPSA) is 325 Å². The van der Waals surface area contributed by atoms with Gasteiger partial charge in [0.15, 0.2) is 0 Å². The average molecular weight is 772 g/mol. The molecule has 0 saturated carbocycles. The van der Waals surface area contributed by atoms with Crippen LogP contribution in [0, 0.1) is 21.7 Å². The summed E-state index contributed by atoms with van der Waals surface area (Å²) in [5, 5.41) is 37.7. The van der Waals surface area contributed by atoms with E-state index in [1.54, 1.807) is 55.4 Å². The molecule has 15 nitrogen and oxygen atoms in total. The van der Waals surface area contributed by atoms with Crippen LogP contribution in [0.5, 0.6) is 0 Å². The number of rotatable bonds is 24. The van der Waals surface area contributed by atoms with Gasteiger partial charge in [0.25, 0.3) is 0 Å². The normalized spacial score (nSPS) is 10.6. The maximum Gasteiger partial charge on any atom is 2.00 e. The molecule has 0 bridgehead atoms. The summed E-state index contributed by atoms with van der Waals surface area (Å²) in [5.41, 5.74) is -2.77. The van der Waals surface area contributed by atoms with Gasteiger partial charge in [0.05, 0.1) is 16.2 Å². The van der Waals surface area contributed by atoms with Gasteiger partial charge in [0.1, 0.15) is 0 Å². The van der Waals surface area contributed by atoms with Crippen molar-refractivity contribution in [3.8, 4) is 0 Å². The fourth-order valence-corrected chi connectivity index (χ4v) is 3.71. The number of ether oxygens (including phenoxy) is 2. The second kappa shape index (κ2) is 36.5. The van der Waals surface area contributed by atoms with Crippen LogP contribution >= 0.6 is 0 Å². The van der Waals surface area contributed by atoms with E-state index in [0.29, 0.717) is 52.1 Å². The number of aliphatic carboxylic acids is 4. The van der Waals surface area contributed by atoms with E-state index in [9.17, 15) is 24.3 Å². The Morgan fingerprint density at radius 3 is 0.796 bits per heavy atom. The number of carbonyl (C=O) groups is 4. The minimum absolute atomic E-state index is 0. The first-order valence-corrected chi connectivity index (χ1v) is 15.3. The van der Waals surface area contributed by atoms with Crippen LogP contribution in [-0.2, 0) is 28.7 Å². The van der Waals surface area contributed by atoms with Gasteiger partial charge >= 0.3 is 93.4 Å². The molecule has 49 heavy (non-hydrogen) atoms. The van der Waals surface area contributed by atoms with Crippen LogP contribution in [0.2, 0.25) is 0 Å². The molecule has 0 atom stereocenters. The zero-order valence-electron chi connectivity index (χ0n) is 31.3. The third-order valence-corrected chi connectivity index (χ3v) is 7.65. The summed E-state index contributed by atoms with van der Waals surface area (Å²) in [6, 6.07) is 0. The molecule has 0 aromatic rings. The van der Waals surface area contributed by atoms with Gasteiger partial charge < -0.3 is 62.1 Å². The molecule has 0 spiro atoms. The van der Waals surface area contributed by atoms with E-state index in [1.165, 1.54) is 0 Å². The van der Waals surface area contributed by atoms with E-state index in [0.717, 1.165) is 51.4 Å². The van der Waals surface area contributed by atoms with Gasteiger partial charge in [0.2, 0.25) is 0 Å². The predicted molar refractivity (Wildman–Crippen MR) is 186 cm³/mol. The van der Waals surface area contributed by atoms with Crippen LogP contribution in [-0.4, -0.2) is 168 Å². The molecule has 0 aliphatic carbocycles. The van der Waals surface area contributed by atoms with Crippen molar-refractivity contribution in [2.24, 2.45) is 21.7 Å². The number of carboxylic acid groups (broad SMARTS) is 4. The van der Waals surface area contributed by atoms with Crippen molar-refractivity contribution in [1.82, 2.24) is 0 Å². The Morgan fingerprint density at radius 2 is 0.633 bits per heavy atom. The van der Waals surface area contributed by atoms with Crippen molar-refractivity contribution in [2.75, 3.05) is 26.4 Å². The molecule has 11 N–H and O–H groups in total. The number of unbranched alkanes of at least 4 members (excludes halogenated alkanes) is 4. The van der Waals surface area contributed by atoms with E-state index in [4.69, 9.17) is 24.8 Å². The molecular weight excluding hydrogens is 704 g/mol.